The van der Waals surface area contributed by atoms with Gasteiger partial charge in [-0.05, 0) is 34.1 Å². The fraction of sp³-hybridized carbons (Fsp3) is 0.769. The summed E-state index contributed by atoms with van der Waals surface area (Å²) in [6, 6.07) is -1.34. The van der Waals surface area contributed by atoms with Crippen LogP contribution in [0.2, 0.25) is 0 Å². The van der Waals surface area contributed by atoms with E-state index in [0.29, 0.717) is 6.42 Å². The van der Waals surface area contributed by atoms with E-state index in [0.717, 1.165) is 0 Å². The third-order valence-electron chi connectivity index (χ3n) is 3.02. The molecule has 1 saturated heterocycles. The van der Waals surface area contributed by atoms with E-state index in [4.69, 9.17) is 0 Å². The number of carbonyl (C=O) groups excluding carboxylic acids is 3. The number of carbonyl (C=O) groups is 3. The summed E-state index contributed by atoms with van der Waals surface area (Å²) >= 11 is 0. The molecule has 0 saturated carbocycles. The summed E-state index contributed by atoms with van der Waals surface area (Å²) in [6.45, 7) is 7.21. The predicted molar refractivity (Wildman–Crippen MR) is 69.2 cm³/mol. The fourth-order valence-corrected chi connectivity index (χ4v) is 2.16. The first-order chi connectivity index (χ1) is 8.67. The fourth-order valence-electron chi connectivity index (χ4n) is 2.16. The van der Waals surface area contributed by atoms with E-state index in [1.54, 1.807) is 6.92 Å². The van der Waals surface area contributed by atoms with Gasteiger partial charge < -0.3 is 15.0 Å². The van der Waals surface area contributed by atoms with Gasteiger partial charge >= 0.3 is 5.97 Å². The maximum atomic E-state index is 12.1. The first-order valence-electron chi connectivity index (χ1n) is 6.38. The molecular formula is C13H22N2O4. The molecule has 0 bridgehead atoms. The van der Waals surface area contributed by atoms with Crippen LogP contribution in [-0.2, 0) is 19.1 Å². The van der Waals surface area contributed by atoms with Gasteiger partial charge in [0.2, 0.25) is 11.8 Å². The van der Waals surface area contributed by atoms with E-state index in [1.165, 1.54) is 12.0 Å². The monoisotopic (exact) mass is 270 g/mol. The Morgan fingerprint density at radius 2 is 2.00 bits per heavy atom. The summed E-state index contributed by atoms with van der Waals surface area (Å²) in [5.41, 5.74) is -0.380. The van der Waals surface area contributed by atoms with Crippen LogP contribution in [0.15, 0.2) is 0 Å². The molecule has 2 amide bonds. The highest BCUT2D eigenvalue weighted by Crippen LogP contribution is 2.23. The second-order valence-electron chi connectivity index (χ2n) is 5.79. The van der Waals surface area contributed by atoms with E-state index in [1.807, 2.05) is 20.8 Å². The molecule has 1 heterocycles. The molecule has 0 aromatic carbocycles. The van der Waals surface area contributed by atoms with E-state index in [2.05, 4.69) is 10.1 Å². The van der Waals surface area contributed by atoms with Gasteiger partial charge in [0, 0.05) is 12.0 Å². The van der Waals surface area contributed by atoms with Crippen LogP contribution in [0.5, 0.6) is 0 Å². The number of nitrogens with one attached hydrogen (secondary N) is 1. The lowest BCUT2D eigenvalue weighted by atomic mass is 10.1. The van der Waals surface area contributed by atoms with E-state index >= 15 is 0 Å². The minimum Gasteiger partial charge on any atom is -0.467 e. The Bertz CT molecular complexity index is 387. The molecule has 1 aliphatic rings. The molecule has 6 nitrogen and oxygen atoms in total. The molecule has 108 valence electrons. The molecule has 19 heavy (non-hydrogen) atoms. The van der Waals surface area contributed by atoms with Crippen molar-refractivity contribution in [1.29, 1.82) is 0 Å². The summed E-state index contributed by atoms with van der Waals surface area (Å²) in [4.78, 5) is 36.9. The summed E-state index contributed by atoms with van der Waals surface area (Å²) in [5, 5.41) is 2.81. The van der Waals surface area contributed by atoms with Crippen LogP contribution in [0.1, 0.15) is 40.5 Å². The molecule has 0 spiro atoms. The van der Waals surface area contributed by atoms with Gasteiger partial charge in [-0.1, -0.05) is 0 Å². The van der Waals surface area contributed by atoms with Crippen molar-refractivity contribution in [3.05, 3.63) is 0 Å². The first-order valence-corrected chi connectivity index (χ1v) is 6.38. The molecule has 1 fully saturated rings. The van der Waals surface area contributed by atoms with Gasteiger partial charge in [-0.2, -0.15) is 0 Å². The molecule has 1 N–H and O–H groups in total. The smallest absolute Gasteiger partial charge is 0.328 e. The maximum Gasteiger partial charge on any atom is 0.328 e. The van der Waals surface area contributed by atoms with E-state index < -0.39 is 18.1 Å². The Balaban J connectivity index is 2.83. The van der Waals surface area contributed by atoms with Crippen LogP contribution in [0.4, 0.5) is 0 Å². The normalized spacial score (nSPS) is 21.2. The van der Waals surface area contributed by atoms with Crippen molar-refractivity contribution in [2.75, 3.05) is 7.11 Å². The summed E-state index contributed by atoms with van der Waals surface area (Å²) in [6.07, 6.45) is 0.672. The highest BCUT2D eigenvalue weighted by atomic mass is 16.5. The van der Waals surface area contributed by atoms with Crippen molar-refractivity contribution in [3.8, 4) is 0 Å². The number of likely N-dealkylation sites (tertiary alicyclic amines) is 1. The second kappa shape index (κ2) is 5.59. The molecular weight excluding hydrogens is 248 g/mol. The van der Waals surface area contributed by atoms with Gasteiger partial charge in [0.05, 0.1) is 7.11 Å². The SMILES string of the molecule is COC(=O)[C@@H]1CCC(=O)N1[C@H](C)C(=O)NC(C)(C)C. The van der Waals surface area contributed by atoms with Crippen LogP contribution < -0.4 is 5.32 Å². The number of nitrogens with zero attached hydrogens (tertiary/aromatic N) is 1. The molecule has 0 aliphatic carbocycles. The van der Waals surface area contributed by atoms with Gasteiger partial charge in [-0.15, -0.1) is 0 Å². The Morgan fingerprint density at radius 1 is 1.42 bits per heavy atom. The van der Waals surface area contributed by atoms with Crippen molar-refractivity contribution in [2.45, 2.75) is 58.2 Å². The summed E-state index contributed by atoms with van der Waals surface area (Å²) < 4.78 is 4.68. The molecule has 6 heteroatoms. The number of esters is 1. The second-order valence-corrected chi connectivity index (χ2v) is 5.79. The number of methoxy groups -OCH3 is 1. The number of rotatable bonds is 3. The van der Waals surface area contributed by atoms with Crippen LogP contribution in [-0.4, -0.2) is 47.4 Å². The molecule has 0 unspecified atom stereocenters. The van der Waals surface area contributed by atoms with Crippen LogP contribution in [0.25, 0.3) is 0 Å². The van der Waals surface area contributed by atoms with Crippen molar-refractivity contribution in [1.82, 2.24) is 10.2 Å². The standard InChI is InChI=1S/C13H22N2O4/c1-8(11(17)14-13(2,3)4)15-9(12(18)19-5)6-7-10(15)16/h8-9H,6-7H2,1-5H3,(H,14,17)/t8-,9+/m1/s1. The van der Waals surface area contributed by atoms with E-state index in [9.17, 15) is 14.4 Å². The first kappa shape index (κ1) is 15.5. The topological polar surface area (TPSA) is 75.7 Å². The number of hydrogen-bond donors (Lipinski definition) is 1. The molecule has 1 rings (SSSR count). The molecule has 0 radical (unpaired) electrons. The summed E-state index contributed by atoms with van der Waals surface area (Å²) in [5.74, 6) is -0.926. The number of ether oxygens (including phenoxy) is 1. The average Bonchev–Trinajstić information content (AvgIpc) is 2.66. The summed E-state index contributed by atoms with van der Waals surface area (Å²) in [7, 11) is 1.28. The number of hydrogen-bond acceptors (Lipinski definition) is 4. The van der Waals surface area contributed by atoms with Gasteiger partial charge in [-0.3, -0.25) is 9.59 Å². The van der Waals surface area contributed by atoms with E-state index in [-0.39, 0.29) is 23.8 Å². The number of amides is 2. The zero-order valence-corrected chi connectivity index (χ0v) is 12.1. The molecule has 0 aromatic rings. The Kier molecular flexibility index (Phi) is 4.55. The van der Waals surface area contributed by atoms with Gasteiger partial charge in [0.1, 0.15) is 12.1 Å². The Labute approximate surface area is 113 Å². The minimum atomic E-state index is -0.682. The third kappa shape index (κ3) is 3.68. The van der Waals surface area contributed by atoms with Crippen molar-refractivity contribution in [3.63, 3.8) is 0 Å². The quantitative estimate of drug-likeness (QED) is 0.756. The van der Waals surface area contributed by atoms with Crippen LogP contribution >= 0.6 is 0 Å². The van der Waals surface area contributed by atoms with Gasteiger partial charge in [0.15, 0.2) is 0 Å². The Morgan fingerprint density at radius 3 is 2.47 bits per heavy atom. The average molecular weight is 270 g/mol. The van der Waals surface area contributed by atoms with Crippen molar-refractivity contribution in [2.24, 2.45) is 0 Å². The van der Waals surface area contributed by atoms with Crippen LogP contribution in [0.3, 0.4) is 0 Å². The van der Waals surface area contributed by atoms with Gasteiger partial charge in [0.25, 0.3) is 0 Å². The van der Waals surface area contributed by atoms with Crippen LogP contribution in [0, 0.1) is 0 Å². The largest absolute Gasteiger partial charge is 0.467 e. The molecule has 0 aromatic heterocycles. The zero-order chi connectivity index (χ0) is 14.8. The highest BCUT2D eigenvalue weighted by molar-refractivity contribution is 5.93. The van der Waals surface area contributed by atoms with Gasteiger partial charge in [-0.25, -0.2) is 4.79 Å². The predicted octanol–water partition coefficient (Wildman–Crippen LogP) is 0.454. The lowest BCUT2D eigenvalue weighted by molar-refractivity contribution is -0.152. The molecule has 2 atom stereocenters. The molecule has 1 aliphatic heterocycles. The minimum absolute atomic E-state index is 0.188. The maximum absolute atomic E-state index is 12.1. The third-order valence-corrected chi connectivity index (χ3v) is 3.02. The Hall–Kier alpha value is -1.59. The lowest BCUT2D eigenvalue weighted by Crippen LogP contribution is -2.54. The van der Waals surface area contributed by atoms with Crippen molar-refractivity contribution < 1.29 is 19.1 Å². The lowest BCUT2D eigenvalue weighted by Gasteiger charge is -2.31. The van der Waals surface area contributed by atoms with Crippen molar-refractivity contribution >= 4 is 17.8 Å². The highest BCUT2D eigenvalue weighted by Gasteiger charge is 2.42. The zero-order valence-electron chi connectivity index (χ0n) is 12.1.